The first kappa shape index (κ1) is 25.6. The van der Waals surface area contributed by atoms with Crippen LogP contribution in [-0.2, 0) is 25.6 Å². The maximum absolute atomic E-state index is 12.5. The van der Waals surface area contributed by atoms with E-state index >= 15 is 0 Å². The van der Waals surface area contributed by atoms with Gasteiger partial charge in [0.2, 0.25) is 17.7 Å². The normalized spacial score (nSPS) is 17.0. The van der Waals surface area contributed by atoms with Gasteiger partial charge in [-0.25, -0.2) is 4.98 Å². The number of aromatic nitrogens is 2. The van der Waals surface area contributed by atoms with E-state index in [9.17, 15) is 29.4 Å². The van der Waals surface area contributed by atoms with Crippen LogP contribution in [0.25, 0.3) is 0 Å². The van der Waals surface area contributed by atoms with Crippen LogP contribution in [0.3, 0.4) is 0 Å². The topological polar surface area (TPSA) is 200 Å². The van der Waals surface area contributed by atoms with Crippen molar-refractivity contribution >= 4 is 36.6 Å². The molecule has 1 aromatic rings. The zero-order chi connectivity index (χ0) is 22.8. The Bertz CT molecular complexity index is 714. The van der Waals surface area contributed by atoms with Crippen molar-refractivity contribution in [3.05, 3.63) is 18.2 Å². The van der Waals surface area contributed by atoms with Crippen molar-refractivity contribution in [3.8, 4) is 0 Å². The molecule has 0 unspecified atom stereocenters. The Balaban J connectivity index is 2.75. The number of carbonyl (C=O) groups is 4. The van der Waals surface area contributed by atoms with E-state index in [0.29, 0.717) is 12.0 Å². The van der Waals surface area contributed by atoms with Crippen LogP contribution >= 0.6 is 12.6 Å². The van der Waals surface area contributed by atoms with E-state index in [2.05, 4.69) is 38.5 Å². The lowest BCUT2D eigenvalue weighted by Gasteiger charge is -2.26. The number of nitrogens with zero attached hydrogens (tertiary/aromatic N) is 1. The molecule has 0 aromatic carbocycles. The van der Waals surface area contributed by atoms with Gasteiger partial charge in [-0.05, 0) is 13.8 Å². The lowest BCUT2D eigenvalue weighted by molar-refractivity contribution is -0.134. The molecule has 0 fully saturated rings. The van der Waals surface area contributed by atoms with Gasteiger partial charge in [-0.1, -0.05) is 0 Å². The summed E-state index contributed by atoms with van der Waals surface area (Å²) in [6.45, 7) is 2.61. The number of nitrogens with two attached hydrogens (primary N) is 1. The van der Waals surface area contributed by atoms with Gasteiger partial charge < -0.3 is 41.7 Å². The summed E-state index contributed by atoms with van der Waals surface area (Å²) < 4.78 is 0. The first-order valence-corrected chi connectivity index (χ1v) is 9.80. The Hall–Kier alpha value is -2.48. The number of rotatable bonds is 12. The van der Waals surface area contributed by atoms with Gasteiger partial charge in [-0.2, -0.15) is 12.6 Å². The molecule has 0 saturated heterocycles. The summed E-state index contributed by atoms with van der Waals surface area (Å²) in [5.74, 6) is -2.43. The number of aliphatic hydroxyl groups excluding tert-OH is 2. The second-order valence-corrected chi connectivity index (χ2v) is 7.13. The van der Waals surface area contributed by atoms with Gasteiger partial charge in [0.15, 0.2) is 0 Å². The highest BCUT2D eigenvalue weighted by molar-refractivity contribution is 7.80. The quantitative estimate of drug-likeness (QED) is 0.121. The summed E-state index contributed by atoms with van der Waals surface area (Å²) in [5.41, 5.74) is 6.44. The van der Waals surface area contributed by atoms with Crippen LogP contribution in [0.1, 0.15) is 19.5 Å². The fourth-order valence-electron chi connectivity index (χ4n) is 2.38. The van der Waals surface area contributed by atoms with E-state index in [-0.39, 0.29) is 12.2 Å². The highest BCUT2D eigenvalue weighted by Crippen LogP contribution is 2.01. The number of hydrogen-bond acceptors (Lipinski definition) is 9. The van der Waals surface area contributed by atoms with Crippen molar-refractivity contribution < 1.29 is 29.4 Å². The molecular formula is C17H28N6O6S. The van der Waals surface area contributed by atoms with Crippen molar-refractivity contribution in [2.45, 2.75) is 56.6 Å². The number of imidazole rings is 1. The van der Waals surface area contributed by atoms with Crippen molar-refractivity contribution in [1.29, 1.82) is 0 Å². The molecule has 0 bridgehead atoms. The number of aromatic amines is 1. The van der Waals surface area contributed by atoms with E-state index in [1.807, 2.05) is 0 Å². The molecule has 1 aromatic heterocycles. The van der Waals surface area contributed by atoms with E-state index in [1.165, 1.54) is 26.4 Å². The number of amides is 3. The molecule has 0 aliphatic carbocycles. The SMILES string of the molecule is C[C@@H](O)[C@H](NC(=O)[C@@H](N)Cc1cnc[nH]1)C(=O)N[C@@H](CS)C(=O)N[C@H](C=O)[C@@H](C)O. The minimum atomic E-state index is -1.39. The summed E-state index contributed by atoms with van der Waals surface area (Å²) in [6, 6.07) is -4.75. The fraction of sp³-hybridized carbons (Fsp3) is 0.588. The van der Waals surface area contributed by atoms with Gasteiger partial charge in [0, 0.05) is 24.1 Å². The van der Waals surface area contributed by atoms with Crippen molar-refractivity contribution in [2.75, 3.05) is 5.75 Å². The number of thiol groups is 1. The number of aliphatic hydroxyl groups is 2. The molecule has 0 aliphatic heterocycles. The van der Waals surface area contributed by atoms with Gasteiger partial charge in [0.05, 0.1) is 24.6 Å². The monoisotopic (exact) mass is 444 g/mol. The zero-order valence-corrected chi connectivity index (χ0v) is 17.5. The fourth-order valence-corrected chi connectivity index (χ4v) is 2.64. The Morgan fingerprint density at radius 3 is 2.30 bits per heavy atom. The number of nitrogens with one attached hydrogen (secondary N) is 4. The molecule has 0 radical (unpaired) electrons. The van der Waals surface area contributed by atoms with Crippen LogP contribution < -0.4 is 21.7 Å². The summed E-state index contributed by atoms with van der Waals surface area (Å²) >= 11 is 4.00. The van der Waals surface area contributed by atoms with Crippen LogP contribution in [0.4, 0.5) is 0 Å². The predicted molar refractivity (Wildman–Crippen MR) is 109 cm³/mol. The average molecular weight is 445 g/mol. The summed E-state index contributed by atoms with van der Waals surface area (Å²) in [7, 11) is 0. The lowest BCUT2D eigenvalue weighted by Crippen LogP contribution is -2.60. The summed E-state index contributed by atoms with van der Waals surface area (Å²) in [4.78, 5) is 54.7. The van der Waals surface area contributed by atoms with E-state index in [0.717, 1.165) is 0 Å². The minimum absolute atomic E-state index is 0.133. The smallest absolute Gasteiger partial charge is 0.245 e. The third kappa shape index (κ3) is 7.74. The lowest BCUT2D eigenvalue weighted by atomic mass is 10.1. The molecule has 168 valence electrons. The van der Waals surface area contributed by atoms with Crippen LogP contribution in [0.5, 0.6) is 0 Å². The highest BCUT2D eigenvalue weighted by atomic mass is 32.1. The van der Waals surface area contributed by atoms with Crippen molar-refractivity contribution in [3.63, 3.8) is 0 Å². The molecule has 3 amide bonds. The molecular weight excluding hydrogens is 416 g/mol. The van der Waals surface area contributed by atoms with Crippen molar-refractivity contribution in [1.82, 2.24) is 25.9 Å². The van der Waals surface area contributed by atoms with Crippen LogP contribution in [0.2, 0.25) is 0 Å². The first-order valence-electron chi connectivity index (χ1n) is 9.16. The van der Waals surface area contributed by atoms with Gasteiger partial charge >= 0.3 is 0 Å². The molecule has 30 heavy (non-hydrogen) atoms. The predicted octanol–water partition coefficient (Wildman–Crippen LogP) is -3.38. The van der Waals surface area contributed by atoms with Crippen LogP contribution in [-0.4, -0.2) is 86.3 Å². The Kier molecular flexibility index (Phi) is 10.5. The first-order chi connectivity index (χ1) is 14.1. The molecule has 6 atom stereocenters. The second kappa shape index (κ2) is 12.3. The highest BCUT2D eigenvalue weighted by Gasteiger charge is 2.31. The van der Waals surface area contributed by atoms with Crippen LogP contribution in [0.15, 0.2) is 12.5 Å². The maximum Gasteiger partial charge on any atom is 0.245 e. The molecule has 0 saturated carbocycles. The van der Waals surface area contributed by atoms with Gasteiger partial charge in [-0.3, -0.25) is 14.4 Å². The molecule has 0 spiro atoms. The third-order valence-corrected chi connectivity index (χ3v) is 4.55. The number of aldehydes is 1. The number of carbonyl (C=O) groups excluding carboxylic acids is 4. The molecule has 0 aliphatic rings. The molecule has 1 rings (SSSR count). The molecule has 8 N–H and O–H groups in total. The van der Waals surface area contributed by atoms with Crippen LogP contribution in [0, 0.1) is 0 Å². The van der Waals surface area contributed by atoms with Gasteiger partial charge in [0.25, 0.3) is 0 Å². The molecule has 1 heterocycles. The molecule has 13 heteroatoms. The minimum Gasteiger partial charge on any atom is -0.391 e. The summed E-state index contributed by atoms with van der Waals surface area (Å²) in [6.07, 6.45) is 0.998. The standard InChI is InChI=1S/C17H28N6O6S/c1-8(25)12(5-24)21-16(28)13(6-30)22-17(29)14(9(2)26)23-15(27)11(18)3-10-4-19-7-20-10/h4-5,7-9,11-14,25-26,30H,3,6,18H2,1-2H3,(H,19,20)(H,21,28)(H,22,29)(H,23,27)/t8-,9-,11+,12-,13+,14+/m1/s1. The number of hydrogen-bond donors (Lipinski definition) is 8. The zero-order valence-electron chi connectivity index (χ0n) is 16.6. The average Bonchev–Trinajstić information content (AvgIpc) is 3.19. The largest absolute Gasteiger partial charge is 0.391 e. The Labute approximate surface area is 178 Å². The second-order valence-electron chi connectivity index (χ2n) is 6.77. The van der Waals surface area contributed by atoms with Gasteiger partial charge in [0.1, 0.15) is 24.4 Å². The van der Waals surface area contributed by atoms with Gasteiger partial charge in [-0.15, -0.1) is 0 Å². The maximum atomic E-state index is 12.5. The third-order valence-electron chi connectivity index (χ3n) is 4.18. The number of H-pyrrole nitrogens is 1. The summed E-state index contributed by atoms with van der Waals surface area (Å²) in [5, 5.41) is 26.3. The Morgan fingerprint density at radius 1 is 1.17 bits per heavy atom. The van der Waals surface area contributed by atoms with E-state index in [4.69, 9.17) is 5.73 Å². The van der Waals surface area contributed by atoms with Crippen molar-refractivity contribution in [2.24, 2.45) is 5.73 Å². The van der Waals surface area contributed by atoms with E-state index < -0.39 is 54.1 Å². The van der Waals surface area contributed by atoms with E-state index in [1.54, 1.807) is 0 Å². The Morgan fingerprint density at radius 2 is 1.83 bits per heavy atom. The molecule has 12 nitrogen and oxygen atoms in total.